The van der Waals surface area contributed by atoms with Crippen molar-refractivity contribution >= 4 is 38.3 Å². The van der Waals surface area contributed by atoms with Crippen LogP contribution in [-0.4, -0.2) is 66.7 Å². The molecule has 2 aromatic heterocycles. The molecule has 3 aromatic rings. The number of ether oxygens (including phenoxy) is 1. The topological polar surface area (TPSA) is 126 Å². The average Bonchev–Trinajstić information content (AvgIpc) is 3.56. The molecule has 2 fully saturated rings. The number of hydrogen-bond acceptors (Lipinski definition) is 8. The molecule has 1 aliphatic heterocycles. The fourth-order valence-corrected chi connectivity index (χ4v) is 4.80. The lowest BCUT2D eigenvalue weighted by molar-refractivity contribution is -0.131. The number of benzene rings is 1. The van der Waals surface area contributed by atoms with Gasteiger partial charge in [0.05, 0.1) is 18.9 Å². The molecule has 2 aliphatic rings. The number of fused-ring (bicyclic) bond motifs is 1. The molecule has 1 saturated carbocycles. The third kappa shape index (κ3) is 4.74. The second-order valence-corrected chi connectivity index (χ2v) is 10.5. The highest BCUT2D eigenvalue weighted by Gasteiger charge is 2.36. The van der Waals surface area contributed by atoms with E-state index in [0.717, 1.165) is 48.5 Å². The molecule has 1 atom stereocenters. The van der Waals surface area contributed by atoms with Gasteiger partial charge in [0.2, 0.25) is 21.8 Å². The summed E-state index contributed by atoms with van der Waals surface area (Å²) in [7, 11) is -2.07. The van der Waals surface area contributed by atoms with Crippen LogP contribution in [-0.2, 0) is 14.8 Å². The van der Waals surface area contributed by atoms with E-state index in [9.17, 15) is 13.2 Å². The van der Waals surface area contributed by atoms with Crippen molar-refractivity contribution in [1.29, 1.82) is 0 Å². The highest BCUT2D eigenvalue weighted by atomic mass is 32.2. The molecule has 1 amide bonds. The number of pyridine rings is 1. The zero-order valence-corrected chi connectivity index (χ0v) is 19.8. The first kappa shape index (κ1) is 22.3. The number of nitrogens with one attached hydrogen (secondary N) is 2. The standard InChI is InChI=1S/C23H26N6O4S/c1-33-22-20(28-34(2,31)32)10-16(11-24-22)15-5-6-19-18(9-15)21(26-13-25-19)27-17-7-8-29(12-17)23(30)14-3-4-14/h5-6,9-11,13-14,17,28H,3-4,7-8,12H2,1-2H3,(H,25,26,27)/t17-/m0/s1. The Morgan fingerprint density at radius 3 is 2.68 bits per heavy atom. The van der Waals surface area contributed by atoms with Gasteiger partial charge in [-0.3, -0.25) is 9.52 Å². The smallest absolute Gasteiger partial charge is 0.238 e. The van der Waals surface area contributed by atoms with E-state index in [-0.39, 0.29) is 29.4 Å². The predicted molar refractivity (Wildman–Crippen MR) is 129 cm³/mol. The van der Waals surface area contributed by atoms with Crippen molar-refractivity contribution in [2.75, 3.05) is 36.5 Å². The van der Waals surface area contributed by atoms with Crippen LogP contribution in [0.2, 0.25) is 0 Å². The van der Waals surface area contributed by atoms with Crippen molar-refractivity contribution in [2.24, 2.45) is 5.92 Å². The maximum atomic E-state index is 12.4. The van der Waals surface area contributed by atoms with E-state index in [1.165, 1.54) is 13.4 Å². The van der Waals surface area contributed by atoms with Crippen molar-refractivity contribution < 1.29 is 17.9 Å². The quantitative estimate of drug-likeness (QED) is 0.526. The summed E-state index contributed by atoms with van der Waals surface area (Å²) in [6, 6.07) is 7.55. The SMILES string of the molecule is COc1ncc(-c2ccc3ncnc(N[C@H]4CCN(C(=O)C5CC5)C4)c3c2)cc1NS(C)(=O)=O. The Labute approximate surface area is 197 Å². The van der Waals surface area contributed by atoms with E-state index in [0.29, 0.717) is 17.9 Å². The molecule has 1 aliphatic carbocycles. The molecule has 10 nitrogen and oxygen atoms in total. The lowest BCUT2D eigenvalue weighted by Crippen LogP contribution is -2.32. The molecule has 1 saturated heterocycles. The second kappa shape index (κ2) is 8.71. The molecule has 3 heterocycles. The highest BCUT2D eigenvalue weighted by molar-refractivity contribution is 7.92. The third-order valence-corrected chi connectivity index (χ3v) is 6.67. The van der Waals surface area contributed by atoms with Gasteiger partial charge in [0, 0.05) is 42.2 Å². The maximum absolute atomic E-state index is 12.4. The van der Waals surface area contributed by atoms with Crippen LogP contribution < -0.4 is 14.8 Å². The molecule has 34 heavy (non-hydrogen) atoms. The number of hydrogen-bond donors (Lipinski definition) is 2. The average molecular weight is 483 g/mol. The van der Waals surface area contributed by atoms with E-state index in [1.807, 2.05) is 23.1 Å². The zero-order valence-electron chi connectivity index (χ0n) is 19.0. The first-order chi connectivity index (χ1) is 16.3. The first-order valence-electron chi connectivity index (χ1n) is 11.1. The van der Waals surface area contributed by atoms with Crippen LogP contribution in [0.25, 0.3) is 22.0 Å². The number of likely N-dealkylation sites (tertiary alicyclic amines) is 1. The van der Waals surface area contributed by atoms with E-state index in [4.69, 9.17) is 4.74 Å². The fraction of sp³-hybridized carbons (Fsp3) is 0.391. The van der Waals surface area contributed by atoms with Gasteiger partial charge < -0.3 is 15.0 Å². The summed E-state index contributed by atoms with van der Waals surface area (Å²) in [4.78, 5) is 27.4. The predicted octanol–water partition coefficient (Wildman–Crippen LogP) is 2.49. The molecule has 0 spiro atoms. The lowest BCUT2D eigenvalue weighted by Gasteiger charge is -2.18. The Kier molecular flexibility index (Phi) is 5.72. The molecular weight excluding hydrogens is 456 g/mol. The Hall–Kier alpha value is -3.47. The van der Waals surface area contributed by atoms with E-state index >= 15 is 0 Å². The molecular formula is C23H26N6O4S. The third-order valence-electron chi connectivity index (χ3n) is 6.08. The van der Waals surface area contributed by atoms with Gasteiger partial charge in [-0.1, -0.05) is 6.07 Å². The Balaban J connectivity index is 1.43. The monoisotopic (exact) mass is 482 g/mol. The van der Waals surface area contributed by atoms with Crippen LogP contribution >= 0.6 is 0 Å². The lowest BCUT2D eigenvalue weighted by atomic mass is 10.0. The van der Waals surface area contributed by atoms with Crippen LogP contribution in [0, 0.1) is 5.92 Å². The fourth-order valence-electron chi connectivity index (χ4n) is 4.26. The number of rotatable bonds is 7. The van der Waals surface area contributed by atoms with E-state index in [1.54, 1.807) is 12.3 Å². The molecule has 1 aromatic carbocycles. The number of amides is 1. The van der Waals surface area contributed by atoms with Crippen molar-refractivity contribution in [2.45, 2.75) is 25.3 Å². The summed E-state index contributed by atoms with van der Waals surface area (Å²) in [6.07, 6.45) is 7.11. The van der Waals surface area contributed by atoms with Crippen molar-refractivity contribution in [1.82, 2.24) is 19.9 Å². The molecule has 0 bridgehead atoms. The summed E-state index contributed by atoms with van der Waals surface area (Å²) in [5.41, 5.74) is 2.58. The number of aromatic nitrogens is 3. The van der Waals surface area contributed by atoms with Crippen LogP contribution in [0.3, 0.4) is 0 Å². The summed E-state index contributed by atoms with van der Waals surface area (Å²) in [5, 5.41) is 4.33. The van der Waals surface area contributed by atoms with Gasteiger partial charge in [0.15, 0.2) is 0 Å². The number of anilines is 2. The van der Waals surface area contributed by atoms with Gasteiger partial charge in [-0.2, -0.15) is 0 Å². The highest BCUT2D eigenvalue weighted by Crippen LogP contribution is 2.34. The number of methoxy groups -OCH3 is 1. The van der Waals surface area contributed by atoms with Crippen molar-refractivity contribution in [3.63, 3.8) is 0 Å². The van der Waals surface area contributed by atoms with Crippen LogP contribution in [0.5, 0.6) is 5.88 Å². The minimum atomic E-state index is -3.50. The second-order valence-electron chi connectivity index (χ2n) is 8.80. The van der Waals surface area contributed by atoms with E-state index < -0.39 is 10.0 Å². The number of carbonyl (C=O) groups excluding carboxylic acids is 1. The minimum absolute atomic E-state index is 0.123. The Morgan fingerprint density at radius 2 is 1.94 bits per heavy atom. The van der Waals surface area contributed by atoms with Crippen molar-refractivity contribution in [3.8, 4) is 17.0 Å². The Bertz CT molecular complexity index is 1360. The van der Waals surface area contributed by atoms with Gasteiger partial charge in [0.25, 0.3) is 0 Å². The molecule has 0 unspecified atom stereocenters. The van der Waals surface area contributed by atoms with Gasteiger partial charge in [-0.05, 0) is 43.0 Å². The molecule has 2 N–H and O–H groups in total. The number of nitrogens with zero attached hydrogens (tertiary/aromatic N) is 4. The van der Waals surface area contributed by atoms with Gasteiger partial charge in [0.1, 0.15) is 17.8 Å². The van der Waals surface area contributed by atoms with E-state index in [2.05, 4.69) is 25.0 Å². The summed E-state index contributed by atoms with van der Waals surface area (Å²) in [6.45, 7) is 1.43. The van der Waals surface area contributed by atoms with Gasteiger partial charge in [-0.25, -0.2) is 23.4 Å². The molecule has 0 radical (unpaired) electrons. The largest absolute Gasteiger partial charge is 0.480 e. The summed E-state index contributed by atoms with van der Waals surface area (Å²) in [5.74, 6) is 1.38. The number of sulfonamides is 1. The molecule has 5 rings (SSSR count). The maximum Gasteiger partial charge on any atom is 0.238 e. The first-order valence-corrected chi connectivity index (χ1v) is 13.0. The summed E-state index contributed by atoms with van der Waals surface area (Å²) < 4.78 is 31.2. The zero-order chi connectivity index (χ0) is 23.9. The van der Waals surface area contributed by atoms with Crippen molar-refractivity contribution in [3.05, 3.63) is 36.8 Å². The number of carbonyl (C=O) groups is 1. The normalized spacial score (nSPS) is 18.2. The van der Waals surface area contributed by atoms with Crippen LogP contribution in [0.4, 0.5) is 11.5 Å². The minimum Gasteiger partial charge on any atom is -0.480 e. The van der Waals surface area contributed by atoms with Crippen LogP contribution in [0.15, 0.2) is 36.8 Å². The van der Waals surface area contributed by atoms with Gasteiger partial charge in [-0.15, -0.1) is 0 Å². The summed E-state index contributed by atoms with van der Waals surface area (Å²) >= 11 is 0. The molecule has 11 heteroatoms. The van der Waals surface area contributed by atoms with Gasteiger partial charge >= 0.3 is 0 Å². The Morgan fingerprint density at radius 1 is 1.12 bits per heavy atom. The van der Waals surface area contributed by atoms with Crippen LogP contribution in [0.1, 0.15) is 19.3 Å². The molecule has 178 valence electrons.